The van der Waals surface area contributed by atoms with Crippen molar-refractivity contribution in [1.82, 2.24) is 9.80 Å². The Morgan fingerprint density at radius 3 is 2.73 bits per heavy atom. The molecule has 3 rings (SSSR count). The zero-order valence-corrected chi connectivity index (χ0v) is 19.4. The number of halogens is 2. The fourth-order valence-electron chi connectivity index (χ4n) is 3.34. The number of hydrogen-bond donors (Lipinski definition) is 1. The molecule has 0 radical (unpaired) electrons. The van der Waals surface area contributed by atoms with Crippen LogP contribution in [-0.2, 0) is 11.3 Å². The first-order valence-corrected chi connectivity index (χ1v) is 11.2. The molecule has 0 atom stereocenters. The van der Waals surface area contributed by atoms with Gasteiger partial charge >= 0.3 is 0 Å². The van der Waals surface area contributed by atoms with Gasteiger partial charge < -0.3 is 19.7 Å². The zero-order chi connectivity index (χ0) is 21.3. The summed E-state index contributed by atoms with van der Waals surface area (Å²) in [7, 11) is 1.63. The van der Waals surface area contributed by atoms with E-state index in [1.165, 1.54) is 0 Å². The lowest BCUT2D eigenvalue weighted by molar-refractivity contribution is 0.0368. The first kappa shape index (κ1) is 23.1. The van der Waals surface area contributed by atoms with Crippen LogP contribution < -0.4 is 10.1 Å². The van der Waals surface area contributed by atoms with E-state index >= 15 is 0 Å². The van der Waals surface area contributed by atoms with Gasteiger partial charge in [-0.25, -0.2) is 0 Å². The van der Waals surface area contributed by atoms with Gasteiger partial charge in [-0.3, -0.25) is 4.90 Å². The molecular formula is C22H27Cl2N3O2S. The van der Waals surface area contributed by atoms with Crippen molar-refractivity contribution in [3.63, 3.8) is 0 Å². The SMILES string of the molecule is COc1ccc(Cl)c(NC(=S)N(CCCN2CCOCC2)Cc2cccc(Cl)c2)c1. The molecule has 0 bridgehead atoms. The fraction of sp³-hybridized carbons (Fsp3) is 0.409. The molecule has 0 saturated carbocycles. The number of thiocarbonyl (C=S) groups is 1. The van der Waals surface area contributed by atoms with Gasteiger partial charge in [-0.05, 0) is 48.5 Å². The summed E-state index contributed by atoms with van der Waals surface area (Å²) in [5.74, 6) is 0.721. The minimum Gasteiger partial charge on any atom is -0.497 e. The van der Waals surface area contributed by atoms with Crippen LogP contribution in [0.5, 0.6) is 5.75 Å². The Labute approximate surface area is 193 Å². The second kappa shape index (κ2) is 11.7. The van der Waals surface area contributed by atoms with Crippen LogP contribution in [0.25, 0.3) is 0 Å². The minimum atomic E-state index is 0.592. The van der Waals surface area contributed by atoms with Crippen LogP contribution in [0.3, 0.4) is 0 Å². The summed E-state index contributed by atoms with van der Waals surface area (Å²) in [5.41, 5.74) is 1.83. The van der Waals surface area contributed by atoms with Crippen molar-refractivity contribution in [3.8, 4) is 5.75 Å². The number of benzene rings is 2. The molecule has 1 fully saturated rings. The van der Waals surface area contributed by atoms with Crippen LogP contribution in [-0.4, -0.2) is 61.4 Å². The Hall–Kier alpha value is -1.57. The van der Waals surface area contributed by atoms with Gasteiger partial charge in [-0.2, -0.15) is 0 Å². The third-order valence-corrected chi connectivity index (χ3v) is 5.90. The van der Waals surface area contributed by atoms with Crippen LogP contribution >= 0.6 is 35.4 Å². The molecule has 1 saturated heterocycles. The fourth-order valence-corrected chi connectivity index (χ4v) is 3.98. The number of rotatable bonds is 8. The molecule has 1 heterocycles. The molecule has 2 aromatic carbocycles. The van der Waals surface area contributed by atoms with Crippen molar-refractivity contribution in [2.75, 3.05) is 51.8 Å². The Morgan fingerprint density at radius 1 is 1.20 bits per heavy atom. The van der Waals surface area contributed by atoms with Gasteiger partial charge in [-0.15, -0.1) is 0 Å². The highest BCUT2D eigenvalue weighted by Gasteiger charge is 2.15. The molecule has 0 amide bonds. The highest BCUT2D eigenvalue weighted by atomic mass is 35.5. The maximum atomic E-state index is 6.36. The summed E-state index contributed by atoms with van der Waals surface area (Å²) in [6.45, 7) is 6.07. The lowest BCUT2D eigenvalue weighted by Gasteiger charge is -2.30. The lowest BCUT2D eigenvalue weighted by atomic mass is 10.2. The molecule has 2 aromatic rings. The van der Waals surface area contributed by atoms with Crippen molar-refractivity contribution in [2.24, 2.45) is 0 Å². The van der Waals surface area contributed by atoms with Crippen LogP contribution in [0, 0.1) is 0 Å². The van der Waals surface area contributed by atoms with Gasteiger partial charge in [0.15, 0.2) is 5.11 Å². The summed E-state index contributed by atoms with van der Waals surface area (Å²) >= 11 is 18.3. The highest BCUT2D eigenvalue weighted by Crippen LogP contribution is 2.27. The average Bonchev–Trinajstić information content (AvgIpc) is 2.75. The number of nitrogens with zero attached hydrogens (tertiary/aromatic N) is 2. The summed E-state index contributed by atoms with van der Waals surface area (Å²) in [4.78, 5) is 4.58. The maximum Gasteiger partial charge on any atom is 0.173 e. The van der Waals surface area contributed by atoms with E-state index in [1.54, 1.807) is 13.2 Å². The van der Waals surface area contributed by atoms with E-state index in [4.69, 9.17) is 44.9 Å². The van der Waals surface area contributed by atoms with E-state index in [9.17, 15) is 0 Å². The zero-order valence-electron chi connectivity index (χ0n) is 17.1. The quantitative estimate of drug-likeness (QED) is 0.555. The molecule has 0 aromatic heterocycles. The van der Waals surface area contributed by atoms with E-state index in [0.29, 0.717) is 16.7 Å². The standard InChI is InChI=1S/C22H27Cl2N3O2S/c1-28-19-6-7-20(24)21(15-19)25-22(30)27(16-17-4-2-5-18(23)14-17)9-3-8-26-10-12-29-13-11-26/h2,4-7,14-15H,3,8-13,16H2,1H3,(H,25,30). The van der Waals surface area contributed by atoms with E-state index in [-0.39, 0.29) is 0 Å². The molecule has 0 aliphatic carbocycles. The predicted molar refractivity (Wildman–Crippen MR) is 128 cm³/mol. The van der Waals surface area contributed by atoms with Gasteiger partial charge in [0.1, 0.15) is 5.75 Å². The van der Waals surface area contributed by atoms with Gasteiger partial charge in [0, 0.05) is 43.8 Å². The van der Waals surface area contributed by atoms with E-state index in [2.05, 4.69) is 21.2 Å². The highest BCUT2D eigenvalue weighted by molar-refractivity contribution is 7.80. The summed E-state index contributed by atoms with van der Waals surface area (Å²) in [6, 6.07) is 13.3. The second-order valence-electron chi connectivity index (χ2n) is 7.13. The summed E-state index contributed by atoms with van der Waals surface area (Å²) in [6.07, 6.45) is 0.994. The molecule has 1 N–H and O–H groups in total. The molecule has 162 valence electrons. The largest absolute Gasteiger partial charge is 0.497 e. The Bertz CT molecular complexity index is 847. The summed E-state index contributed by atoms with van der Waals surface area (Å²) < 4.78 is 10.7. The predicted octanol–water partition coefficient (Wildman–Crippen LogP) is 4.92. The molecule has 0 spiro atoms. The normalized spacial score (nSPS) is 14.4. The van der Waals surface area contributed by atoms with Crippen LogP contribution in [0.2, 0.25) is 10.0 Å². The van der Waals surface area contributed by atoms with Gasteiger partial charge in [0.2, 0.25) is 0 Å². The number of hydrogen-bond acceptors (Lipinski definition) is 4. The van der Waals surface area contributed by atoms with E-state index in [1.807, 2.05) is 30.3 Å². The topological polar surface area (TPSA) is 37.0 Å². The second-order valence-corrected chi connectivity index (χ2v) is 8.37. The molecule has 1 aliphatic rings. The first-order valence-electron chi connectivity index (χ1n) is 9.99. The molecule has 8 heteroatoms. The van der Waals surface area contributed by atoms with Gasteiger partial charge in [-0.1, -0.05) is 35.3 Å². The number of ether oxygens (including phenoxy) is 2. The molecule has 5 nitrogen and oxygen atoms in total. The number of nitrogens with one attached hydrogen (secondary N) is 1. The van der Waals surface area contributed by atoms with Crippen molar-refractivity contribution in [1.29, 1.82) is 0 Å². The summed E-state index contributed by atoms with van der Waals surface area (Å²) in [5, 5.41) is 5.21. The molecule has 0 unspecified atom stereocenters. The van der Waals surface area contributed by atoms with Crippen molar-refractivity contribution in [3.05, 3.63) is 58.1 Å². The lowest BCUT2D eigenvalue weighted by Crippen LogP contribution is -2.40. The van der Waals surface area contributed by atoms with Crippen LogP contribution in [0.1, 0.15) is 12.0 Å². The molecule has 30 heavy (non-hydrogen) atoms. The Morgan fingerprint density at radius 2 is 2.00 bits per heavy atom. The maximum absolute atomic E-state index is 6.36. The van der Waals surface area contributed by atoms with Crippen molar-refractivity contribution < 1.29 is 9.47 Å². The van der Waals surface area contributed by atoms with E-state index in [0.717, 1.165) is 67.8 Å². The molecule has 1 aliphatic heterocycles. The van der Waals surface area contributed by atoms with E-state index < -0.39 is 0 Å². The smallest absolute Gasteiger partial charge is 0.173 e. The van der Waals surface area contributed by atoms with Crippen molar-refractivity contribution in [2.45, 2.75) is 13.0 Å². The third-order valence-electron chi connectivity index (χ3n) is 4.97. The third kappa shape index (κ3) is 7.00. The average molecular weight is 468 g/mol. The minimum absolute atomic E-state index is 0.592. The Kier molecular flexibility index (Phi) is 9.03. The number of anilines is 1. The van der Waals surface area contributed by atoms with Crippen molar-refractivity contribution >= 4 is 46.2 Å². The molecular weight excluding hydrogens is 441 g/mol. The Balaban J connectivity index is 1.67. The van der Waals surface area contributed by atoms with Crippen LogP contribution in [0.15, 0.2) is 42.5 Å². The number of morpholine rings is 1. The number of methoxy groups -OCH3 is 1. The first-order chi connectivity index (χ1) is 14.5. The van der Waals surface area contributed by atoms with Crippen LogP contribution in [0.4, 0.5) is 5.69 Å². The van der Waals surface area contributed by atoms with Gasteiger partial charge in [0.05, 0.1) is 31.0 Å². The van der Waals surface area contributed by atoms with Gasteiger partial charge in [0.25, 0.3) is 0 Å². The monoisotopic (exact) mass is 467 g/mol.